The lowest BCUT2D eigenvalue weighted by Gasteiger charge is -2.16. The molecule has 138 valence electrons. The minimum atomic E-state index is -0.255. The van der Waals surface area contributed by atoms with E-state index < -0.39 is 0 Å². The van der Waals surface area contributed by atoms with E-state index in [9.17, 15) is 4.39 Å². The number of rotatable bonds is 8. The van der Waals surface area contributed by atoms with Crippen LogP contribution in [0.25, 0.3) is 17.2 Å². The number of aryl methyl sites for hydroxylation is 1. The van der Waals surface area contributed by atoms with E-state index in [1.165, 1.54) is 6.07 Å². The summed E-state index contributed by atoms with van der Waals surface area (Å²) in [6, 6.07) is 9.07. The predicted octanol–water partition coefficient (Wildman–Crippen LogP) is 4.28. The summed E-state index contributed by atoms with van der Waals surface area (Å²) in [5.41, 5.74) is 10.6. The molecule has 0 spiro atoms. The van der Waals surface area contributed by atoms with Gasteiger partial charge in [-0.2, -0.15) is 5.10 Å². The van der Waals surface area contributed by atoms with Crippen molar-refractivity contribution in [1.82, 2.24) is 0 Å². The molecule has 4 nitrogen and oxygen atoms in total. The summed E-state index contributed by atoms with van der Waals surface area (Å²) < 4.78 is 14.5. The van der Waals surface area contributed by atoms with E-state index in [0.717, 1.165) is 47.3 Å². The second kappa shape index (κ2) is 9.15. The van der Waals surface area contributed by atoms with Crippen LogP contribution in [-0.4, -0.2) is 18.8 Å². The molecular weight excluding hydrogens is 327 g/mol. The summed E-state index contributed by atoms with van der Waals surface area (Å²) in [6.45, 7) is 8.54. The Kier molecular flexibility index (Phi) is 6.92. The van der Waals surface area contributed by atoms with Crippen molar-refractivity contribution in [2.24, 2.45) is 16.7 Å². The van der Waals surface area contributed by atoms with Crippen molar-refractivity contribution in [3.05, 3.63) is 59.4 Å². The van der Waals surface area contributed by atoms with Crippen LogP contribution in [0.5, 0.6) is 0 Å². The van der Waals surface area contributed by atoms with E-state index in [4.69, 9.17) is 11.6 Å². The van der Waals surface area contributed by atoms with Crippen LogP contribution >= 0.6 is 0 Å². The Bertz CT molecular complexity index is 777. The monoisotopic (exact) mass is 354 g/mol. The van der Waals surface area contributed by atoms with Gasteiger partial charge in [0.05, 0.1) is 6.21 Å². The highest BCUT2D eigenvalue weighted by Gasteiger charge is 2.13. The van der Waals surface area contributed by atoms with Crippen molar-refractivity contribution in [1.29, 1.82) is 0 Å². The highest BCUT2D eigenvalue weighted by atomic mass is 19.1. The molecule has 0 fully saturated rings. The first-order valence-corrected chi connectivity index (χ1v) is 8.76. The molecule has 0 bridgehead atoms. The van der Waals surface area contributed by atoms with E-state index in [2.05, 4.69) is 17.0 Å². The molecule has 2 aromatic carbocycles. The molecule has 0 aliphatic rings. The smallest absolute Gasteiger partial charge is 0.131 e. The van der Waals surface area contributed by atoms with Gasteiger partial charge in [0, 0.05) is 35.0 Å². The molecule has 0 amide bonds. The number of hydrazone groups is 1. The number of halogens is 1. The molecule has 5 N–H and O–H groups in total. The normalized spacial score (nSPS) is 12.3. The Morgan fingerprint density at radius 3 is 2.73 bits per heavy atom. The SMILES string of the molecule is C=Cc1c(/C=N\N)cc(-c2c(C)cccc2F)cc1NCCCC(C)N. The van der Waals surface area contributed by atoms with Gasteiger partial charge in [-0.15, -0.1) is 0 Å². The lowest BCUT2D eigenvalue weighted by molar-refractivity contribution is 0.630. The molecular formula is C21H27FN4. The maximum Gasteiger partial charge on any atom is 0.131 e. The number of benzene rings is 2. The molecule has 1 atom stereocenters. The third-order valence-corrected chi connectivity index (χ3v) is 4.29. The molecule has 0 radical (unpaired) electrons. The van der Waals surface area contributed by atoms with Crippen LogP contribution < -0.4 is 16.9 Å². The number of nitrogens with one attached hydrogen (secondary N) is 1. The first kappa shape index (κ1) is 19.7. The maximum atomic E-state index is 14.5. The van der Waals surface area contributed by atoms with E-state index in [-0.39, 0.29) is 11.9 Å². The number of hydrogen-bond donors (Lipinski definition) is 3. The van der Waals surface area contributed by atoms with Crippen molar-refractivity contribution in [2.45, 2.75) is 32.7 Å². The van der Waals surface area contributed by atoms with Crippen LogP contribution in [0.15, 0.2) is 42.0 Å². The first-order chi connectivity index (χ1) is 12.5. The largest absolute Gasteiger partial charge is 0.385 e. The third-order valence-electron chi connectivity index (χ3n) is 4.29. The second-order valence-corrected chi connectivity index (χ2v) is 6.49. The van der Waals surface area contributed by atoms with E-state index in [1.54, 1.807) is 18.4 Å². The van der Waals surface area contributed by atoms with Gasteiger partial charge < -0.3 is 16.9 Å². The Balaban J connectivity index is 2.48. The zero-order valence-corrected chi connectivity index (χ0v) is 15.4. The Hall–Kier alpha value is -2.66. The molecule has 0 aliphatic carbocycles. The average Bonchev–Trinajstić information content (AvgIpc) is 2.58. The minimum absolute atomic E-state index is 0.169. The fraction of sp³-hybridized carbons (Fsp3) is 0.286. The first-order valence-electron chi connectivity index (χ1n) is 8.76. The number of nitrogens with two attached hydrogens (primary N) is 2. The topological polar surface area (TPSA) is 76.4 Å². The molecule has 2 aromatic rings. The predicted molar refractivity (Wildman–Crippen MR) is 110 cm³/mol. The van der Waals surface area contributed by atoms with Crippen LogP contribution in [0.1, 0.15) is 36.5 Å². The second-order valence-electron chi connectivity index (χ2n) is 6.49. The Morgan fingerprint density at radius 1 is 1.35 bits per heavy atom. The van der Waals surface area contributed by atoms with Crippen LogP contribution in [-0.2, 0) is 0 Å². The van der Waals surface area contributed by atoms with Gasteiger partial charge in [-0.3, -0.25) is 0 Å². The molecule has 26 heavy (non-hydrogen) atoms. The summed E-state index contributed by atoms with van der Waals surface area (Å²) in [5, 5.41) is 7.06. The van der Waals surface area contributed by atoms with E-state index in [0.29, 0.717) is 5.56 Å². The van der Waals surface area contributed by atoms with Crippen molar-refractivity contribution >= 4 is 18.0 Å². The number of anilines is 1. The van der Waals surface area contributed by atoms with E-state index >= 15 is 0 Å². The maximum absolute atomic E-state index is 14.5. The molecule has 0 aliphatic heterocycles. The van der Waals surface area contributed by atoms with Crippen molar-refractivity contribution in [2.75, 3.05) is 11.9 Å². The van der Waals surface area contributed by atoms with Crippen molar-refractivity contribution in [3.63, 3.8) is 0 Å². The molecule has 0 aromatic heterocycles. The Labute approximate surface area is 154 Å². The molecule has 0 saturated carbocycles. The molecule has 2 rings (SSSR count). The molecule has 0 saturated heterocycles. The van der Waals surface area contributed by atoms with Gasteiger partial charge in [-0.1, -0.05) is 24.8 Å². The summed E-state index contributed by atoms with van der Waals surface area (Å²) in [4.78, 5) is 0. The zero-order chi connectivity index (χ0) is 19.1. The minimum Gasteiger partial charge on any atom is -0.385 e. The van der Waals surface area contributed by atoms with Crippen molar-refractivity contribution < 1.29 is 4.39 Å². The van der Waals surface area contributed by atoms with Crippen LogP contribution in [0.3, 0.4) is 0 Å². The lowest BCUT2D eigenvalue weighted by Crippen LogP contribution is -2.16. The average molecular weight is 354 g/mol. The quantitative estimate of drug-likeness (QED) is 0.287. The lowest BCUT2D eigenvalue weighted by atomic mass is 9.94. The standard InChI is InChI=1S/C21H27FN4/c1-4-18-17(13-26-24)11-16(21-14(2)7-5-9-19(21)22)12-20(18)25-10-6-8-15(3)23/h4-5,7,9,11-13,15,25H,1,6,8,10,23-24H2,2-3H3/b26-13-. The highest BCUT2D eigenvalue weighted by Crippen LogP contribution is 2.32. The summed E-state index contributed by atoms with van der Waals surface area (Å²) in [5.74, 6) is 5.11. The van der Waals surface area contributed by atoms with E-state index in [1.807, 2.05) is 32.0 Å². The highest BCUT2D eigenvalue weighted by molar-refractivity contribution is 5.92. The van der Waals surface area contributed by atoms with Crippen LogP contribution in [0.4, 0.5) is 10.1 Å². The summed E-state index contributed by atoms with van der Waals surface area (Å²) >= 11 is 0. The van der Waals surface area contributed by atoms with Gasteiger partial charge in [0.1, 0.15) is 5.82 Å². The van der Waals surface area contributed by atoms with Gasteiger partial charge >= 0.3 is 0 Å². The van der Waals surface area contributed by atoms with Crippen LogP contribution in [0.2, 0.25) is 0 Å². The van der Waals surface area contributed by atoms with Crippen LogP contribution in [0, 0.1) is 12.7 Å². The fourth-order valence-corrected chi connectivity index (χ4v) is 3.03. The molecule has 0 heterocycles. The van der Waals surface area contributed by atoms with Gasteiger partial charge in [0.25, 0.3) is 0 Å². The van der Waals surface area contributed by atoms with Crippen molar-refractivity contribution in [3.8, 4) is 11.1 Å². The fourth-order valence-electron chi connectivity index (χ4n) is 3.03. The van der Waals surface area contributed by atoms with Gasteiger partial charge in [-0.05, 0) is 56.0 Å². The Morgan fingerprint density at radius 2 is 2.12 bits per heavy atom. The summed E-state index contributed by atoms with van der Waals surface area (Å²) in [6.07, 6.45) is 5.18. The third kappa shape index (κ3) is 4.70. The van der Waals surface area contributed by atoms with Gasteiger partial charge in [-0.25, -0.2) is 4.39 Å². The number of hydrogen-bond acceptors (Lipinski definition) is 4. The summed E-state index contributed by atoms with van der Waals surface area (Å²) in [7, 11) is 0. The van der Waals surface area contributed by atoms with Gasteiger partial charge in [0.15, 0.2) is 0 Å². The molecule has 1 unspecified atom stereocenters. The zero-order valence-electron chi connectivity index (χ0n) is 15.4. The number of nitrogens with zero attached hydrogens (tertiary/aromatic N) is 1. The molecule has 5 heteroatoms. The van der Waals surface area contributed by atoms with Gasteiger partial charge in [0.2, 0.25) is 0 Å².